The number of rotatable bonds is 18. The molecule has 22 fully saturated rings. The average molecular weight is 1800 g/mol. The van der Waals surface area contributed by atoms with Gasteiger partial charge in [0.1, 0.15) is 110 Å². The highest BCUT2D eigenvalue weighted by atomic mass is 127. The predicted octanol–water partition coefficient (Wildman–Crippen LogP) is 3.45. The van der Waals surface area contributed by atoms with Crippen LogP contribution in [-0.4, -0.2) is 296 Å². The molecule has 12 bridgehead atoms. The SMILES string of the molecule is CO[C@@H]1[C@@H](OC)[C@H]2O[C@H]3[C@H](OC)[C@@H](OC)[C@@H](O[C@H]4[C@H](OC)[C@@H](OC)[C@@H](O[C@H]5[C@H](OC)[C@@H](OC)[C@@H](O[C@H]6[C@H](OC)[C@@H](OC)[C@@H](O[C@H]7[C@H](OC)[C@@H](OC)[C@@H](O[C@@H]1[C@@H](CI)O2)O[C@@H]7CI)O[C@@H]6CI)O[C@@H]5CI)O[C@@H]4CI)O[C@@H]3CI. The Kier molecular flexibility index (Phi) is 29.4. The third kappa shape index (κ3) is 14.5. The van der Waals surface area contributed by atoms with E-state index in [9.17, 15) is 0 Å². The van der Waals surface area contributed by atoms with Crippen LogP contribution in [0.2, 0.25) is 0 Å². The van der Waals surface area contributed by atoms with Gasteiger partial charge in [-0.2, -0.15) is 0 Å². The summed E-state index contributed by atoms with van der Waals surface area (Å²) in [4.78, 5) is 0. The second kappa shape index (κ2) is 33.3. The van der Waals surface area contributed by atoms with E-state index in [0.29, 0.717) is 26.6 Å². The predicted molar refractivity (Wildman–Crippen MR) is 324 cm³/mol. The van der Waals surface area contributed by atoms with Crippen LogP contribution in [0, 0.1) is 0 Å². The van der Waals surface area contributed by atoms with Crippen LogP contribution in [0.3, 0.4) is 0 Å². The maximum atomic E-state index is 7.00. The Morgan fingerprint density at radius 3 is 0.397 bits per heavy atom. The van der Waals surface area contributed by atoms with E-state index in [4.69, 9.17) is 114 Å². The first kappa shape index (κ1) is 68.9. The molecule has 22 heterocycles. The van der Waals surface area contributed by atoms with Crippen LogP contribution in [0.1, 0.15) is 0 Å². The zero-order valence-electron chi connectivity index (χ0n) is 45.6. The Bertz CT molecular complexity index is 1440. The molecule has 22 saturated heterocycles. The van der Waals surface area contributed by atoms with Crippen LogP contribution in [0.25, 0.3) is 0 Å². The first-order valence-corrected chi connectivity index (χ1v) is 34.6. The summed E-state index contributed by atoms with van der Waals surface area (Å²) >= 11 is 13.6. The van der Waals surface area contributed by atoms with Gasteiger partial charge in [-0.05, 0) is 0 Å². The number of hydrogen-bond acceptors (Lipinski definition) is 24. The topological polar surface area (TPSA) is 222 Å². The van der Waals surface area contributed by atoms with Crippen LogP contribution in [-0.2, 0) is 114 Å². The van der Waals surface area contributed by atoms with E-state index in [2.05, 4.69) is 136 Å². The first-order chi connectivity index (χ1) is 37.9. The summed E-state index contributed by atoms with van der Waals surface area (Å²) in [5.41, 5.74) is 0. The molecule has 22 aliphatic heterocycles. The lowest BCUT2D eigenvalue weighted by molar-refractivity contribution is -0.401. The van der Waals surface area contributed by atoms with Crippen molar-refractivity contribution in [2.24, 2.45) is 0 Å². The van der Waals surface area contributed by atoms with E-state index in [1.807, 2.05) is 0 Å². The van der Waals surface area contributed by atoms with Crippen LogP contribution < -0.4 is 0 Å². The minimum Gasteiger partial charge on any atom is -0.376 e. The van der Waals surface area contributed by atoms with Crippen molar-refractivity contribution in [3.05, 3.63) is 0 Å². The summed E-state index contributed by atoms with van der Waals surface area (Å²) in [6.07, 6.45) is -23.7. The van der Waals surface area contributed by atoms with Gasteiger partial charge in [-0.15, -0.1) is 0 Å². The minimum atomic E-state index is -1.00. The highest BCUT2D eigenvalue weighted by Crippen LogP contribution is 2.42. The van der Waals surface area contributed by atoms with Crippen molar-refractivity contribution in [2.45, 2.75) is 184 Å². The minimum absolute atomic E-state index is 0.460. The second-order valence-electron chi connectivity index (χ2n) is 19.2. The molecule has 0 spiro atoms. The fourth-order valence-corrected chi connectivity index (χ4v) is 15.9. The number of ether oxygens (including phenoxy) is 24. The van der Waals surface area contributed by atoms with Crippen molar-refractivity contribution in [3.8, 4) is 0 Å². The zero-order valence-corrected chi connectivity index (χ0v) is 58.6. The van der Waals surface area contributed by atoms with E-state index < -0.39 is 184 Å². The van der Waals surface area contributed by atoms with Gasteiger partial charge < -0.3 is 114 Å². The molecule has 0 aromatic rings. The summed E-state index contributed by atoms with van der Waals surface area (Å²) < 4.78 is 161. The van der Waals surface area contributed by atoms with Gasteiger partial charge in [0.25, 0.3) is 0 Å². The molecule has 30 heteroatoms. The molecule has 0 N–H and O–H groups in total. The maximum Gasteiger partial charge on any atom is 0.187 e. The van der Waals surface area contributed by atoms with Gasteiger partial charge in [-0.3, -0.25) is 0 Å². The zero-order chi connectivity index (χ0) is 56.5. The number of hydrogen-bond donors (Lipinski definition) is 0. The first-order valence-electron chi connectivity index (χ1n) is 25.4. The molecule has 0 aromatic carbocycles. The lowest BCUT2D eigenvalue weighted by Crippen LogP contribution is -2.69. The van der Waals surface area contributed by atoms with Gasteiger partial charge in [0.2, 0.25) is 0 Å². The molecule has 0 unspecified atom stereocenters. The van der Waals surface area contributed by atoms with E-state index >= 15 is 0 Å². The molecular weight excluding hydrogens is 1720 g/mol. The average Bonchev–Trinajstić information content (AvgIpc) is 3.57. The molecule has 0 aliphatic carbocycles. The monoisotopic (exact) mass is 1800 g/mol. The molecule has 456 valence electrons. The fraction of sp³-hybridized carbons (Fsp3) is 1.00. The van der Waals surface area contributed by atoms with E-state index in [1.54, 1.807) is 85.3 Å². The standard InChI is InChI=1S/C48H78I6O24/c1-55-31-25-19(13-49)67-43(37(31)61-7)74-26-20(14-50)69-45(39(63-9)32(26)56-2)76-28-22(16-52)71-47(41(65-11)34(28)58-4)78-30-24(18-54)72-48(42(66-12)36(30)60-6)77-29-23(17-53)70-46(40(64-10)35(29)59-5)75-27-21(15-51)68-44(73-25)38(62-8)33(27)57-3/h19-48H,13-18H2,1-12H3/t19-,20-,21-,22-,23-,24-,25-,26-,27-,28-,29-,30-,31+,32+,33+,34+,35+,36+,37-,38-,39-,40-,41-,42-,43-,44-,45-,46-,47-,48-/m1/s1. The number of halogens is 6. The molecular formula is C48H78I6O24. The Labute approximate surface area is 539 Å². The second-order valence-corrected chi connectivity index (χ2v) is 24.5. The van der Waals surface area contributed by atoms with Gasteiger partial charge in [-0.1, -0.05) is 136 Å². The van der Waals surface area contributed by atoms with Crippen molar-refractivity contribution >= 4 is 136 Å². The van der Waals surface area contributed by atoms with Gasteiger partial charge in [0.15, 0.2) is 37.7 Å². The normalized spacial score (nSPS) is 48.7. The molecule has 0 amide bonds. The highest BCUT2D eigenvalue weighted by Gasteiger charge is 2.60. The highest BCUT2D eigenvalue weighted by molar-refractivity contribution is 14.1. The summed E-state index contributed by atoms with van der Waals surface area (Å²) in [7, 11) is 19.0. The molecule has 0 aromatic heterocycles. The van der Waals surface area contributed by atoms with Crippen LogP contribution in [0.5, 0.6) is 0 Å². The number of alkyl halides is 6. The van der Waals surface area contributed by atoms with Crippen LogP contribution >= 0.6 is 136 Å². The quantitative estimate of drug-likeness (QED) is 0.142. The molecule has 22 aliphatic rings. The van der Waals surface area contributed by atoms with Crippen molar-refractivity contribution in [1.82, 2.24) is 0 Å². The van der Waals surface area contributed by atoms with Gasteiger partial charge in [-0.25, -0.2) is 0 Å². The fourth-order valence-electron chi connectivity index (χ4n) is 11.7. The van der Waals surface area contributed by atoms with E-state index in [0.717, 1.165) is 0 Å². The lowest BCUT2D eigenvalue weighted by Gasteiger charge is -2.53. The third-order valence-electron chi connectivity index (χ3n) is 15.5. The van der Waals surface area contributed by atoms with Crippen LogP contribution in [0.15, 0.2) is 0 Å². The van der Waals surface area contributed by atoms with Crippen molar-refractivity contribution < 1.29 is 114 Å². The van der Waals surface area contributed by atoms with Crippen LogP contribution in [0.4, 0.5) is 0 Å². The van der Waals surface area contributed by atoms with Crippen molar-refractivity contribution in [3.63, 3.8) is 0 Å². The molecule has 24 nitrogen and oxygen atoms in total. The molecule has 22 rings (SSSR count). The largest absolute Gasteiger partial charge is 0.376 e. The summed E-state index contributed by atoms with van der Waals surface area (Å²) in [6.45, 7) is 0. The Hall–Kier alpha value is 3.42. The lowest BCUT2D eigenvalue weighted by atomic mass is 9.94. The summed E-state index contributed by atoms with van der Waals surface area (Å²) in [5.74, 6) is 0. The molecule has 0 radical (unpaired) electrons. The molecule has 78 heavy (non-hydrogen) atoms. The van der Waals surface area contributed by atoms with Crippen molar-refractivity contribution in [1.29, 1.82) is 0 Å². The van der Waals surface area contributed by atoms with E-state index in [-0.39, 0.29) is 0 Å². The van der Waals surface area contributed by atoms with Crippen molar-refractivity contribution in [2.75, 3.05) is 112 Å². The Balaban J connectivity index is 1.31. The van der Waals surface area contributed by atoms with Gasteiger partial charge >= 0.3 is 0 Å². The molecule has 30 atom stereocenters. The third-order valence-corrected chi connectivity index (χ3v) is 20.7. The smallest absolute Gasteiger partial charge is 0.187 e. The van der Waals surface area contributed by atoms with Gasteiger partial charge in [0.05, 0.1) is 36.6 Å². The maximum absolute atomic E-state index is 7.00. The summed E-state index contributed by atoms with van der Waals surface area (Å²) in [5, 5.41) is 0. The Morgan fingerprint density at radius 2 is 0.308 bits per heavy atom. The summed E-state index contributed by atoms with van der Waals surface area (Å²) in [6, 6.07) is 0. The van der Waals surface area contributed by atoms with Gasteiger partial charge in [0, 0.05) is 112 Å². The van der Waals surface area contributed by atoms with E-state index in [1.165, 1.54) is 0 Å². The molecule has 0 saturated carbocycles. The number of methoxy groups -OCH3 is 12. The Morgan fingerprint density at radius 1 is 0.192 bits per heavy atom.